The number of ether oxygens (including phenoxy) is 2. The molecule has 1 aliphatic heterocycles. The van der Waals surface area contributed by atoms with E-state index in [1.165, 1.54) is 0 Å². The molecule has 1 atom stereocenters. The van der Waals surface area contributed by atoms with Crippen molar-refractivity contribution >= 4 is 0 Å². The lowest BCUT2D eigenvalue weighted by Gasteiger charge is -2.25. The van der Waals surface area contributed by atoms with Crippen LogP contribution < -0.4 is 0 Å². The van der Waals surface area contributed by atoms with Gasteiger partial charge in [0, 0.05) is 0 Å². The molecule has 0 N–H and O–H groups in total. The average Bonchev–Trinajstić information content (AvgIpc) is 2.27. The maximum atomic E-state index is 5.80. The predicted octanol–water partition coefficient (Wildman–Crippen LogP) is 3.57. The first-order valence-corrected chi connectivity index (χ1v) is 5.64. The zero-order valence-electron chi connectivity index (χ0n) is 9.82. The number of hydrogen-bond donors (Lipinski definition) is 0. The molecule has 0 aliphatic carbocycles. The van der Waals surface area contributed by atoms with Crippen molar-refractivity contribution in [2.24, 2.45) is 0 Å². The van der Waals surface area contributed by atoms with Crippen LogP contribution in [-0.2, 0) is 9.47 Å². The maximum Gasteiger partial charge on any atom is 0.161 e. The molecule has 0 bridgehead atoms. The van der Waals surface area contributed by atoms with Crippen molar-refractivity contribution in [3.8, 4) is 0 Å². The molecule has 0 spiro atoms. The molecule has 1 heterocycles. The summed E-state index contributed by atoms with van der Waals surface area (Å²) in [7, 11) is 0. The smallest absolute Gasteiger partial charge is 0.161 e. The molecule has 0 amide bonds. The molecule has 1 unspecified atom stereocenters. The first-order valence-electron chi connectivity index (χ1n) is 5.64. The Morgan fingerprint density at radius 1 is 1.27 bits per heavy atom. The zero-order chi connectivity index (χ0) is 11.1. The van der Waals surface area contributed by atoms with Crippen molar-refractivity contribution in [3.63, 3.8) is 0 Å². The van der Waals surface area contributed by atoms with Gasteiger partial charge in [-0.1, -0.05) is 26.0 Å². The van der Waals surface area contributed by atoms with Crippen LogP contribution in [-0.4, -0.2) is 12.7 Å². The van der Waals surface area contributed by atoms with E-state index in [1.54, 1.807) is 0 Å². The van der Waals surface area contributed by atoms with E-state index in [-0.39, 0.29) is 6.10 Å². The summed E-state index contributed by atoms with van der Waals surface area (Å²) < 4.78 is 11.5. The molecule has 84 valence electrons. The molecular formula is C13H20O2. The molecule has 1 rings (SSSR count). The van der Waals surface area contributed by atoms with Crippen LogP contribution in [0.4, 0.5) is 0 Å². The van der Waals surface area contributed by atoms with Crippen molar-refractivity contribution < 1.29 is 9.47 Å². The van der Waals surface area contributed by atoms with E-state index in [0.29, 0.717) is 6.61 Å². The highest BCUT2D eigenvalue weighted by Gasteiger charge is 2.18. The molecular weight excluding hydrogens is 188 g/mol. The fourth-order valence-electron chi connectivity index (χ4n) is 1.35. The van der Waals surface area contributed by atoms with Crippen molar-refractivity contribution in [1.82, 2.24) is 0 Å². The van der Waals surface area contributed by atoms with Gasteiger partial charge in [0.05, 0.1) is 0 Å². The molecule has 0 fully saturated rings. The van der Waals surface area contributed by atoms with Crippen LogP contribution in [0.2, 0.25) is 0 Å². The van der Waals surface area contributed by atoms with Crippen LogP contribution in [0.25, 0.3) is 0 Å². The van der Waals surface area contributed by atoms with Crippen molar-refractivity contribution in [2.45, 2.75) is 39.7 Å². The van der Waals surface area contributed by atoms with E-state index in [9.17, 15) is 0 Å². The second-order valence-corrected chi connectivity index (χ2v) is 3.50. The van der Waals surface area contributed by atoms with Crippen LogP contribution in [0.5, 0.6) is 0 Å². The van der Waals surface area contributed by atoms with E-state index in [4.69, 9.17) is 9.47 Å². The van der Waals surface area contributed by atoms with Crippen molar-refractivity contribution in [3.05, 3.63) is 35.8 Å². The van der Waals surface area contributed by atoms with Gasteiger partial charge in [-0.15, -0.1) is 0 Å². The first kappa shape index (κ1) is 11.9. The molecule has 2 heteroatoms. The minimum atomic E-state index is 0.190. The molecule has 0 radical (unpaired) electrons. The summed E-state index contributed by atoms with van der Waals surface area (Å²) in [5, 5.41) is 0. The van der Waals surface area contributed by atoms with E-state index >= 15 is 0 Å². The third-order valence-electron chi connectivity index (χ3n) is 2.24. The Balaban J connectivity index is 2.80. The molecule has 0 saturated carbocycles. The van der Waals surface area contributed by atoms with Gasteiger partial charge in [0.25, 0.3) is 0 Å². The van der Waals surface area contributed by atoms with Crippen LogP contribution in [0.1, 0.15) is 33.6 Å². The number of hydrogen-bond acceptors (Lipinski definition) is 2. The van der Waals surface area contributed by atoms with E-state index in [2.05, 4.69) is 19.9 Å². The van der Waals surface area contributed by atoms with Gasteiger partial charge in [-0.05, 0) is 31.9 Å². The Morgan fingerprint density at radius 2 is 2.07 bits per heavy atom. The highest BCUT2D eigenvalue weighted by atomic mass is 16.6. The minimum Gasteiger partial charge on any atom is -0.486 e. The summed E-state index contributed by atoms with van der Waals surface area (Å²) in [6.07, 6.45) is 10.2. The normalized spacial score (nSPS) is 22.2. The Bertz CT molecular complexity index is 274. The second-order valence-electron chi connectivity index (χ2n) is 3.50. The fourth-order valence-corrected chi connectivity index (χ4v) is 1.35. The third kappa shape index (κ3) is 3.46. The first-order chi connectivity index (χ1) is 7.31. The number of rotatable bonds is 4. The van der Waals surface area contributed by atoms with Crippen LogP contribution in [0.15, 0.2) is 35.8 Å². The van der Waals surface area contributed by atoms with Gasteiger partial charge in [0.1, 0.15) is 12.7 Å². The van der Waals surface area contributed by atoms with Crippen LogP contribution in [0, 0.1) is 0 Å². The molecule has 0 aromatic carbocycles. The Hall–Kier alpha value is -1.18. The van der Waals surface area contributed by atoms with Crippen LogP contribution in [0.3, 0.4) is 0 Å². The number of allylic oxidation sites excluding steroid dienone is 4. The van der Waals surface area contributed by atoms with Gasteiger partial charge in [0.15, 0.2) is 11.5 Å². The largest absolute Gasteiger partial charge is 0.486 e. The quantitative estimate of drug-likeness (QED) is 0.703. The summed E-state index contributed by atoms with van der Waals surface area (Å²) in [6.45, 7) is 6.84. The SMILES string of the molecule is C/C=C\C1=C(/C=C\CC)OCC(CC)O1. The summed E-state index contributed by atoms with van der Waals surface area (Å²) in [5.41, 5.74) is 0. The molecule has 15 heavy (non-hydrogen) atoms. The van der Waals surface area contributed by atoms with Gasteiger partial charge in [-0.2, -0.15) is 0 Å². The van der Waals surface area contributed by atoms with E-state index in [0.717, 1.165) is 24.4 Å². The molecule has 0 saturated heterocycles. The zero-order valence-corrected chi connectivity index (χ0v) is 9.82. The summed E-state index contributed by atoms with van der Waals surface area (Å²) >= 11 is 0. The van der Waals surface area contributed by atoms with Gasteiger partial charge in [0.2, 0.25) is 0 Å². The lowest BCUT2D eigenvalue weighted by molar-refractivity contribution is 0.00629. The third-order valence-corrected chi connectivity index (χ3v) is 2.24. The Kier molecular flexibility index (Phi) is 5.02. The van der Waals surface area contributed by atoms with Gasteiger partial charge in [-0.3, -0.25) is 0 Å². The van der Waals surface area contributed by atoms with E-state index < -0.39 is 0 Å². The molecule has 0 aromatic rings. The maximum absolute atomic E-state index is 5.80. The monoisotopic (exact) mass is 208 g/mol. The molecule has 2 nitrogen and oxygen atoms in total. The Morgan fingerprint density at radius 3 is 2.67 bits per heavy atom. The van der Waals surface area contributed by atoms with E-state index in [1.807, 2.05) is 25.2 Å². The van der Waals surface area contributed by atoms with Crippen molar-refractivity contribution in [2.75, 3.05) is 6.61 Å². The highest BCUT2D eigenvalue weighted by Crippen LogP contribution is 2.21. The van der Waals surface area contributed by atoms with Gasteiger partial charge < -0.3 is 9.47 Å². The standard InChI is InChI=1S/C13H20O2/c1-4-7-9-12-13(8-5-2)15-11(6-3)10-14-12/h5,7-9,11H,4,6,10H2,1-3H3/b8-5-,9-7-. The lowest BCUT2D eigenvalue weighted by Crippen LogP contribution is -2.23. The summed E-state index contributed by atoms with van der Waals surface area (Å²) in [6, 6.07) is 0. The van der Waals surface area contributed by atoms with Gasteiger partial charge >= 0.3 is 0 Å². The van der Waals surface area contributed by atoms with Crippen LogP contribution >= 0.6 is 0 Å². The predicted molar refractivity (Wildman–Crippen MR) is 62.4 cm³/mol. The fraction of sp³-hybridized carbons (Fsp3) is 0.538. The summed E-state index contributed by atoms with van der Waals surface area (Å²) in [4.78, 5) is 0. The van der Waals surface area contributed by atoms with Gasteiger partial charge in [-0.25, -0.2) is 0 Å². The topological polar surface area (TPSA) is 18.5 Å². The molecule has 0 aromatic heterocycles. The second kappa shape index (κ2) is 6.33. The average molecular weight is 208 g/mol. The Labute approximate surface area is 92.3 Å². The highest BCUT2D eigenvalue weighted by molar-refractivity contribution is 5.25. The summed E-state index contributed by atoms with van der Waals surface area (Å²) in [5.74, 6) is 1.69. The molecule has 1 aliphatic rings. The lowest BCUT2D eigenvalue weighted by atomic mass is 10.2. The van der Waals surface area contributed by atoms with Crippen molar-refractivity contribution in [1.29, 1.82) is 0 Å². The minimum absolute atomic E-state index is 0.190.